The van der Waals surface area contributed by atoms with Crippen LogP contribution >= 0.6 is 15.9 Å². The van der Waals surface area contributed by atoms with Gasteiger partial charge in [0.2, 0.25) is 0 Å². The van der Waals surface area contributed by atoms with Crippen LogP contribution in [0.3, 0.4) is 0 Å². The number of nitrogens with zero attached hydrogens (tertiary/aromatic N) is 2. The van der Waals surface area contributed by atoms with Crippen LogP contribution in [0.2, 0.25) is 0 Å². The largest absolute Gasteiger partial charge is 0.390 e. The highest BCUT2D eigenvalue weighted by Gasteiger charge is 2.26. The third-order valence-electron chi connectivity index (χ3n) is 2.18. The fourth-order valence-electron chi connectivity index (χ4n) is 1.46. The van der Waals surface area contributed by atoms with Crippen LogP contribution in [0.5, 0.6) is 0 Å². The van der Waals surface area contributed by atoms with Crippen molar-refractivity contribution in [3.63, 3.8) is 0 Å². The predicted octanol–water partition coefficient (Wildman–Crippen LogP) is 3.46. The summed E-state index contributed by atoms with van der Waals surface area (Å²) >= 11 is 3.22. The molecule has 0 amide bonds. The maximum Gasteiger partial charge on any atom is 0.390 e. The summed E-state index contributed by atoms with van der Waals surface area (Å²) < 4.78 is 38.4. The summed E-state index contributed by atoms with van der Waals surface area (Å²) in [5.41, 5.74) is 1.18. The number of alkyl halides is 3. The van der Waals surface area contributed by atoms with Gasteiger partial charge in [-0.05, 0) is 28.1 Å². The molecule has 2 heterocycles. The van der Waals surface area contributed by atoms with E-state index in [0.29, 0.717) is 15.9 Å². The Morgan fingerprint density at radius 2 is 2.18 bits per heavy atom. The molecule has 0 unspecified atom stereocenters. The lowest BCUT2D eigenvalue weighted by Crippen LogP contribution is -2.14. The first-order valence-electron chi connectivity index (χ1n) is 4.89. The van der Waals surface area contributed by atoms with E-state index < -0.39 is 12.6 Å². The Morgan fingerprint density at radius 3 is 2.88 bits per heavy atom. The number of rotatable bonds is 3. The number of imidazole rings is 1. The zero-order valence-corrected chi connectivity index (χ0v) is 10.2. The summed E-state index contributed by atoms with van der Waals surface area (Å²) in [6, 6.07) is 3.45. The number of fused-ring (bicyclic) bond motifs is 1. The molecule has 1 N–H and O–H groups in total. The van der Waals surface area contributed by atoms with Gasteiger partial charge in [0.15, 0.2) is 5.65 Å². The van der Waals surface area contributed by atoms with Crippen molar-refractivity contribution in [3.05, 3.63) is 29.1 Å². The Morgan fingerprint density at radius 1 is 1.41 bits per heavy atom. The number of nitrogens with one attached hydrogen (secondary N) is 1. The van der Waals surface area contributed by atoms with Crippen LogP contribution in [-0.2, 0) is 0 Å². The molecule has 0 saturated heterocycles. The number of halogens is 4. The number of hydrogen-bond donors (Lipinski definition) is 1. The lowest BCUT2D eigenvalue weighted by atomic mass is 10.3. The van der Waals surface area contributed by atoms with Gasteiger partial charge in [-0.3, -0.25) is 0 Å². The zero-order chi connectivity index (χ0) is 12.5. The van der Waals surface area contributed by atoms with Crippen LogP contribution in [-0.4, -0.2) is 22.1 Å². The molecule has 0 aliphatic carbocycles. The molecule has 2 aromatic heterocycles. The Kier molecular flexibility index (Phi) is 3.28. The standard InChI is InChI=1S/C10H9BrF3N3/c11-8-6-17-5-1-2-7(9(17)16-8)15-4-3-10(12,13)14/h1-2,5-6,15H,3-4H2. The second kappa shape index (κ2) is 4.56. The van der Waals surface area contributed by atoms with Gasteiger partial charge in [0.05, 0.1) is 12.1 Å². The molecule has 0 aromatic carbocycles. The van der Waals surface area contributed by atoms with Crippen LogP contribution in [0.15, 0.2) is 29.1 Å². The molecule has 0 atom stereocenters. The molecule has 0 saturated carbocycles. The Labute approximate surface area is 104 Å². The molecule has 7 heteroatoms. The lowest BCUT2D eigenvalue weighted by molar-refractivity contribution is -0.131. The van der Waals surface area contributed by atoms with Gasteiger partial charge in [-0.1, -0.05) is 0 Å². The SMILES string of the molecule is FC(F)(F)CCNc1cccn2cc(Br)nc12. The van der Waals surface area contributed by atoms with E-state index >= 15 is 0 Å². The molecule has 0 spiro atoms. The van der Waals surface area contributed by atoms with E-state index in [1.807, 2.05) is 0 Å². The van der Waals surface area contributed by atoms with Crippen molar-refractivity contribution in [1.82, 2.24) is 9.38 Å². The average Bonchev–Trinajstić information content (AvgIpc) is 2.57. The number of pyridine rings is 1. The maximum atomic E-state index is 12.0. The van der Waals surface area contributed by atoms with Crippen molar-refractivity contribution in [2.75, 3.05) is 11.9 Å². The smallest absolute Gasteiger partial charge is 0.382 e. The minimum Gasteiger partial charge on any atom is -0.382 e. The van der Waals surface area contributed by atoms with E-state index in [1.165, 1.54) is 0 Å². The first-order valence-corrected chi connectivity index (χ1v) is 5.69. The minimum absolute atomic E-state index is 0.159. The summed E-state index contributed by atoms with van der Waals surface area (Å²) in [5.74, 6) is 0. The van der Waals surface area contributed by atoms with Gasteiger partial charge in [0, 0.05) is 18.9 Å². The highest BCUT2D eigenvalue weighted by Crippen LogP contribution is 2.22. The topological polar surface area (TPSA) is 29.3 Å². The van der Waals surface area contributed by atoms with E-state index in [9.17, 15) is 13.2 Å². The highest BCUT2D eigenvalue weighted by molar-refractivity contribution is 9.10. The van der Waals surface area contributed by atoms with Crippen LogP contribution in [0.4, 0.5) is 18.9 Å². The molecular formula is C10H9BrF3N3. The van der Waals surface area contributed by atoms with Gasteiger partial charge in [-0.25, -0.2) is 4.98 Å². The summed E-state index contributed by atoms with van der Waals surface area (Å²) in [5, 5.41) is 2.73. The van der Waals surface area contributed by atoms with Crippen molar-refractivity contribution in [1.29, 1.82) is 0 Å². The van der Waals surface area contributed by atoms with Gasteiger partial charge >= 0.3 is 6.18 Å². The van der Waals surface area contributed by atoms with Gasteiger partial charge in [-0.2, -0.15) is 13.2 Å². The maximum absolute atomic E-state index is 12.0. The molecule has 0 aliphatic rings. The van der Waals surface area contributed by atoms with Crippen LogP contribution < -0.4 is 5.32 Å². The summed E-state index contributed by atoms with van der Waals surface area (Å²) in [6.07, 6.45) is -1.49. The van der Waals surface area contributed by atoms with Crippen molar-refractivity contribution in [2.24, 2.45) is 0 Å². The molecule has 0 bridgehead atoms. The van der Waals surface area contributed by atoms with E-state index in [4.69, 9.17) is 0 Å². The average molecular weight is 308 g/mol. The molecule has 2 rings (SSSR count). The monoisotopic (exact) mass is 307 g/mol. The number of anilines is 1. The highest BCUT2D eigenvalue weighted by atomic mass is 79.9. The summed E-state index contributed by atoms with van der Waals surface area (Å²) in [4.78, 5) is 4.16. The first-order chi connectivity index (χ1) is 7.96. The minimum atomic E-state index is -4.14. The molecule has 0 radical (unpaired) electrons. The van der Waals surface area contributed by atoms with Gasteiger partial charge in [0.1, 0.15) is 4.60 Å². The first kappa shape index (κ1) is 12.2. The van der Waals surface area contributed by atoms with E-state index in [-0.39, 0.29) is 6.54 Å². The zero-order valence-electron chi connectivity index (χ0n) is 8.63. The van der Waals surface area contributed by atoms with E-state index in [2.05, 4.69) is 26.2 Å². The number of aromatic nitrogens is 2. The molecule has 2 aromatic rings. The second-order valence-electron chi connectivity index (χ2n) is 3.51. The fourth-order valence-corrected chi connectivity index (χ4v) is 1.85. The molecule has 92 valence electrons. The van der Waals surface area contributed by atoms with Crippen molar-refractivity contribution >= 4 is 27.3 Å². The molecular weight excluding hydrogens is 299 g/mol. The Balaban J connectivity index is 2.13. The van der Waals surface area contributed by atoms with Crippen LogP contribution in [0.25, 0.3) is 5.65 Å². The van der Waals surface area contributed by atoms with Crippen molar-refractivity contribution in [2.45, 2.75) is 12.6 Å². The third kappa shape index (κ3) is 3.12. The van der Waals surface area contributed by atoms with E-state index in [0.717, 1.165) is 0 Å². The Hall–Kier alpha value is -1.24. The quantitative estimate of drug-likeness (QED) is 0.941. The fraction of sp³-hybridized carbons (Fsp3) is 0.300. The molecule has 0 aliphatic heterocycles. The van der Waals surface area contributed by atoms with E-state index in [1.54, 1.807) is 28.9 Å². The lowest BCUT2D eigenvalue weighted by Gasteiger charge is -2.09. The summed E-state index contributed by atoms with van der Waals surface area (Å²) in [7, 11) is 0. The predicted molar refractivity (Wildman–Crippen MR) is 62.1 cm³/mol. The summed E-state index contributed by atoms with van der Waals surface area (Å²) in [6.45, 7) is -0.159. The Bertz CT molecular complexity index is 521. The molecule has 3 nitrogen and oxygen atoms in total. The van der Waals surface area contributed by atoms with Gasteiger partial charge in [-0.15, -0.1) is 0 Å². The normalized spacial score (nSPS) is 12.0. The second-order valence-corrected chi connectivity index (χ2v) is 4.32. The molecule has 0 fully saturated rings. The van der Waals surface area contributed by atoms with Gasteiger partial charge in [0.25, 0.3) is 0 Å². The van der Waals surface area contributed by atoms with Crippen LogP contribution in [0.1, 0.15) is 6.42 Å². The molecule has 17 heavy (non-hydrogen) atoms. The van der Waals surface area contributed by atoms with Gasteiger partial charge < -0.3 is 9.72 Å². The third-order valence-corrected chi connectivity index (χ3v) is 2.56. The van der Waals surface area contributed by atoms with Crippen LogP contribution in [0, 0.1) is 0 Å². The van der Waals surface area contributed by atoms with Crippen molar-refractivity contribution < 1.29 is 13.2 Å². The van der Waals surface area contributed by atoms with Crippen molar-refractivity contribution in [3.8, 4) is 0 Å². The number of hydrogen-bond acceptors (Lipinski definition) is 2.